The molecule has 72 valence electrons. The van der Waals surface area contributed by atoms with Crippen molar-refractivity contribution in [3.63, 3.8) is 0 Å². The Morgan fingerprint density at radius 2 is 2.29 bits per heavy atom. The van der Waals surface area contributed by atoms with Crippen LogP contribution in [-0.4, -0.2) is 19.7 Å². The van der Waals surface area contributed by atoms with E-state index >= 15 is 0 Å². The number of nitrogens with zero attached hydrogens (tertiary/aromatic N) is 4. The van der Waals surface area contributed by atoms with E-state index in [0.717, 1.165) is 11.4 Å². The van der Waals surface area contributed by atoms with Crippen LogP contribution in [0.4, 0.5) is 5.82 Å². The summed E-state index contributed by atoms with van der Waals surface area (Å²) in [4.78, 5) is 8.06. The lowest BCUT2D eigenvalue weighted by Gasteiger charge is -2.01. The molecule has 0 radical (unpaired) electrons. The lowest BCUT2D eigenvalue weighted by atomic mass is 10.3. The van der Waals surface area contributed by atoms with Gasteiger partial charge in [-0.2, -0.15) is 5.10 Å². The maximum Gasteiger partial charge on any atom is 0.144 e. The van der Waals surface area contributed by atoms with Crippen molar-refractivity contribution in [2.45, 2.75) is 6.54 Å². The molecule has 1 N–H and O–H groups in total. The molecule has 0 atom stereocenters. The Morgan fingerprint density at radius 3 is 2.93 bits per heavy atom. The maximum atomic E-state index is 4.10. The Bertz CT molecular complexity index is 395. The summed E-state index contributed by atoms with van der Waals surface area (Å²) in [6.07, 6.45) is 8.78. The smallest absolute Gasteiger partial charge is 0.144 e. The van der Waals surface area contributed by atoms with Crippen molar-refractivity contribution < 1.29 is 0 Å². The molecule has 2 aromatic rings. The highest BCUT2D eigenvalue weighted by atomic mass is 15.2. The van der Waals surface area contributed by atoms with Crippen LogP contribution >= 0.6 is 0 Å². The summed E-state index contributed by atoms with van der Waals surface area (Å²) in [6, 6.07) is 0. The van der Waals surface area contributed by atoms with Crippen molar-refractivity contribution in [2.24, 2.45) is 7.05 Å². The van der Waals surface area contributed by atoms with Crippen LogP contribution in [0.1, 0.15) is 5.56 Å². The van der Waals surface area contributed by atoms with Crippen molar-refractivity contribution in [1.29, 1.82) is 0 Å². The molecule has 2 rings (SSSR count). The Balaban J connectivity index is 1.95. The second-order valence-electron chi connectivity index (χ2n) is 2.97. The molecule has 0 amide bonds. The van der Waals surface area contributed by atoms with E-state index in [1.165, 1.54) is 0 Å². The third-order valence-electron chi connectivity index (χ3n) is 1.80. The molecule has 2 aromatic heterocycles. The van der Waals surface area contributed by atoms with Gasteiger partial charge in [0, 0.05) is 37.7 Å². The Labute approximate surface area is 81.8 Å². The zero-order valence-electron chi connectivity index (χ0n) is 7.88. The van der Waals surface area contributed by atoms with Crippen LogP contribution in [0.25, 0.3) is 0 Å². The minimum absolute atomic E-state index is 0.715. The first kappa shape index (κ1) is 8.68. The van der Waals surface area contributed by atoms with Crippen LogP contribution in [0.5, 0.6) is 0 Å². The van der Waals surface area contributed by atoms with Gasteiger partial charge in [0.1, 0.15) is 5.82 Å². The van der Waals surface area contributed by atoms with Gasteiger partial charge < -0.3 is 5.32 Å². The lowest BCUT2D eigenvalue weighted by Crippen LogP contribution is -2.00. The highest BCUT2D eigenvalue weighted by Crippen LogP contribution is 2.02. The van der Waals surface area contributed by atoms with Gasteiger partial charge in [0.15, 0.2) is 0 Å². The van der Waals surface area contributed by atoms with E-state index in [9.17, 15) is 0 Å². The number of hydrogen-bond acceptors (Lipinski definition) is 4. The van der Waals surface area contributed by atoms with E-state index in [-0.39, 0.29) is 0 Å². The van der Waals surface area contributed by atoms with Gasteiger partial charge in [-0.1, -0.05) is 0 Å². The first-order chi connectivity index (χ1) is 6.84. The molecule has 0 aromatic carbocycles. The fourth-order valence-electron chi connectivity index (χ4n) is 1.15. The number of aromatic nitrogens is 4. The van der Waals surface area contributed by atoms with Crippen LogP contribution < -0.4 is 5.32 Å². The molecule has 0 spiro atoms. The monoisotopic (exact) mass is 189 g/mol. The van der Waals surface area contributed by atoms with E-state index in [1.54, 1.807) is 23.3 Å². The van der Waals surface area contributed by atoms with Crippen molar-refractivity contribution in [2.75, 3.05) is 5.32 Å². The zero-order chi connectivity index (χ0) is 9.80. The minimum Gasteiger partial charge on any atom is -0.365 e. The van der Waals surface area contributed by atoms with Gasteiger partial charge >= 0.3 is 0 Å². The molecule has 0 fully saturated rings. The molecule has 2 heterocycles. The zero-order valence-corrected chi connectivity index (χ0v) is 7.88. The fraction of sp³-hybridized carbons (Fsp3) is 0.222. The summed E-state index contributed by atoms with van der Waals surface area (Å²) < 4.78 is 1.77. The minimum atomic E-state index is 0.715. The topological polar surface area (TPSA) is 55.6 Å². The molecule has 0 bridgehead atoms. The van der Waals surface area contributed by atoms with Crippen LogP contribution in [-0.2, 0) is 13.6 Å². The highest BCUT2D eigenvalue weighted by molar-refractivity contribution is 5.30. The Kier molecular flexibility index (Phi) is 2.40. The number of hydrogen-bond donors (Lipinski definition) is 1. The summed E-state index contributed by atoms with van der Waals surface area (Å²) >= 11 is 0. The molecule has 0 aliphatic rings. The van der Waals surface area contributed by atoms with Gasteiger partial charge in [-0.3, -0.25) is 9.67 Å². The predicted molar refractivity (Wildman–Crippen MR) is 52.6 cm³/mol. The second-order valence-corrected chi connectivity index (χ2v) is 2.97. The molecule has 0 saturated heterocycles. The standard InChI is InChI=1S/C9H11N5/c1-14-7-8(5-13-14)4-12-9-6-10-2-3-11-9/h2-3,5-7H,4H2,1H3,(H,11,12). The van der Waals surface area contributed by atoms with Gasteiger partial charge in [0.25, 0.3) is 0 Å². The van der Waals surface area contributed by atoms with Crippen molar-refractivity contribution >= 4 is 5.82 Å². The summed E-state index contributed by atoms with van der Waals surface area (Å²) in [5, 5.41) is 7.22. The SMILES string of the molecule is Cn1cc(CNc2cnccn2)cn1. The normalized spacial score (nSPS) is 10.1. The third kappa shape index (κ3) is 2.07. The van der Waals surface area contributed by atoms with E-state index in [2.05, 4.69) is 20.4 Å². The first-order valence-electron chi connectivity index (χ1n) is 4.32. The lowest BCUT2D eigenvalue weighted by molar-refractivity contribution is 0.767. The van der Waals surface area contributed by atoms with Gasteiger partial charge in [-0.25, -0.2) is 4.98 Å². The predicted octanol–water partition coefficient (Wildman–Crippen LogP) is 0.822. The van der Waals surface area contributed by atoms with E-state index in [4.69, 9.17) is 0 Å². The number of anilines is 1. The van der Waals surface area contributed by atoms with Gasteiger partial charge in [-0.15, -0.1) is 0 Å². The van der Waals surface area contributed by atoms with E-state index < -0.39 is 0 Å². The molecule has 0 aliphatic heterocycles. The Morgan fingerprint density at radius 1 is 1.36 bits per heavy atom. The fourth-order valence-corrected chi connectivity index (χ4v) is 1.15. The van der Waals surface area contributed by atoms with Gasteiger partial charge in [0.05, 0.1) is 12.4 Å². The molecule has 0 unspecified atom stereocenters. The number of aryl methyl sites for hydroxylation is 1. The van der Waals surface area contributed by atoms with Gasteiger partial charge in [-0.05, 0) is 0 Å². The largest absolute Gasteiger partial charge is 0.365 e. The third-order valence-corrected chi connectivity index (χ3v) is 1.80. The average molecular weight is 189 g/mol. The van der Waals surface area contributed by atoms with E-state index in [1.807, 2.05) is 19.4 Å². The van der Waals surface area contributed by atoms with Crippen molar-refractivity contribution in [3.8, 4) is 0 Å². The summed E-state index contributed by atoms with van der Waals surface area (Å²) in [6.45, 7) is 0.715. The van der Waals surface area contributed by atoms with Crippen LogP contribution in [0.3, 0.4) is 0 Å². The average Bonchev–Trinajstić information content (AvgIpc) is 2.63. The molecule has 0 saturated carbocycles. The van der Waals surface area contributed by atoms with Crippen LogP contribution in [0, 0.1) is 0 Å². The molecule has 5 heteroatoms. The highest BCUT2D eigenvalue weighted by Gasteiger charge is 1.96. The quantitative estimate of drug-likeness (QED) is 0.776. The van der Waals surface area contributed by atoms with E-state index in [0.29, 0.717) is 6.54 Å². The molecular formula is C9H11N5. The molecule has 5 nitrogen and oxygen atoms in total. The summed E-state index contributed by atoms with van der Waals surface area (Å²) in [5.41, 5.74) is 1.12. The van der Waals surface area contributed by atoms with Gasteiger partial charge in [0.2, 0.25) is 0 Å². The summed E-state index contributed by atoms with van der Waals surface area (Å²) in [5.74, 6) is 0.774. The second kappa shape index (κ2) is 3.87. The molecule has 14 heavy (non-hydrogen) atoms. The van der Waals surface area contributed by atoms with Crippen LogP contribution in [0.2, 0.25) is 0 Å². The Hall–Kier alpha value is -1.91. The van der Waals surface area contributed by atoms with Crippen molar-refractivity contribution in [1.82, 2.24) is 19.7 Å². The van der Waals surface area contributed by atoms with Crippen molar-refractivity contribution in [3.05, 3.63) is 36.5 Å². The van der Waals surface area contributed by atoms with Crippen LogP contribution in [0.15, 0.2) is 31.0 Å². The molecular weight excluding hydrogens is 178 g/mol. The summed E-state index contributed by atoms with van der Waals surface area (Å²) in [7, 11) is 1.89. The maximum absolute atomic E-state index is 4.10. The first-order valence-corrected chi connectivity index (χ1v) is 4.32. The number of rotatable bonds is 3. The molecule has 0 aliphatic carbocycles. The number of nitrogens with one attached hydrogen (secondary N) is 1.